The molecule has 5 aliphatic rings. The monoisotopic (exact) mass is 1460 g/mol. The average molecular weight is 1460 g/mol. The van der Waals surface area contributed by atoms with E-state index in [4.69, 9.17) is 21.1 Å². The number of carbonyl (C=O) groups is 10. The van der Waals surface area contributed by atoms with Crippen LogP contribution in [0.4, 0.5) is 0 Å². The molecular weight excluding hydrogens is 1330 g/mol. The van der Waals surface area contributed by atoms with E-state index in [0.29, 0.717) is 4.90 Å². The topological polar surface area (TPSA) is 491 Å². The van der Waals surface area contributed by atoms with Crippen LogP contribution in [0.1, 0.15) is 257 Å². The summed E-state index contributed by atoms with van der Waals surface area (Å²) in [5.74, 6) is -7.61. The summed E-state index contributed by atoms with van der Waals surface area (Å²) < 4.78 is 0. The number of carboxylic acids is 5. The summed E-state index contributed by atoms with van der Waals surface area (Å²) in [7, 11) is 0. The zero-order valence-electron chi connectivity index (χ0n) is 65.8. The number of nitrogens with two attached hydrogens (primary N) is 1. The van der Waals surface area contributed by atoms with Gasteiger partial charge in [-0.15, -0.1) is 0 Å². The van der Waals surface area contributed by atoms with Crippen LogP contribution in [0.3, 0.4) is 0 Å². The highest BCUT2D eigenvalue weighted by atomic mass is 16.5. The van der Waals surface area contributed by atoms with Crippen LogP contribution in [0, 0.1) is 0 Å². The second-order valence-electron chi connectivity index (χ2n) is 34.5. The van der Waals surface area contributed by atoms with Crippen molar-refractivity contribution in [1.82, 2.24) is 62.1 Å². The van der Waals surface area contributed by atoms with Gasteiger partial charge >= 0.3 is 29.8 Å². The average Bonchev–Trinajstić information content (AvgIpc) is 0.830. The van der Waals surface area contributed by atoms with Gasteiger partial charge < -0.3 is 89.2 Å². The predicted octanol–water partition coefficient (Wildman–Crippen LogP) is 5.20. The van der Waals surface area contributed by atoms with Crippen LogP contribution in [0.15, 0.2) is 0 Å². The van der Waals surface area contributed by atoms with Crippen LogP contribution < -0.4 is 37.6 Å². The quantitative estimate of drug-likeness (QED) is 0.0744. The van der Waals surface area contributed by atoms with Crippen molar-refractivity contribution in [1.29, 1.82) is 0 Å². The smallest absolute Gasteiger partial charge is 0.317 e. The lowest BCUT2D eigenvalue weighted by atomic mass is 9.79. The molecule has 0 aromatic carbocycles. The number of aliphatic carboxylic acids is 5. The molecule has 102 heavy (non-hydrogen) atoms. The molecule has 594 valence electrons. The van der Waals surface area contributed by atoms with E-state index >= 15 is 0 Å². The van der Waals surface area contributed by atoms with Crippen LogP contribution in [0.25, 0.3) is 0 Å². The largest absolute Gasteiger partial charge is 0.481 e. The summed E-state index contributed by atoms with van der Waals surface area (Å²) in [6, 6.07) is -0.654. The van der Waals surface area contributed by atoms with Crippen LogP contribution in [0.2, 0.25) is 0 Å². The summed E-state index contributed by atoms with van der Waals surface area (Å²) in [6.07, 6.45) is 4.91. The molecule has 18 N–H and O–H groups in total. The van der Waals surface area contributed by atoms with Gasteiger partial charge in [-0.2, -0.15) is 25.3 Å². The van der Waals surface area contributed by atoms with Gasteiger partial charge in [-0.1, -0.05) is 0 Å². The molecule has 33 nitrogen and oxygen atoms in total. The van der Waals surface area contributed by atoms with Crippen molar-refractivity contribution in [2.45, 2.75) is 354 Å². The number of rotatable bonds is 20. The maximum atomic E-state index is 11.4. The van der Waals surface area contributed by atoms with E-state index in [1.807, 2.05) is 138 Å². The number of hydrogen-bond acceptors (Lipinski definition) is 23. The first-order chi connectivity index (χ1) is 45.7. The molecule has 1 atom stereocenters. The number of nitrogens with zero attached hydrogens (tertiary/aromatic N) is 6. The molecule has 5 saturated heterocycles. The third-order valence-electron chi connectivity index (χ3n) is 19.0. The minimum atomic E-state index is -2.15. The molecule has 33 heteroatoms. The van der Waals surface area contributed by atoms with E-state index in [1.165, 1.54) is 59.9 Å². The molecule has 5 heterocycles. The highest BCUT2D eigenvalue weighted by molar-refractivity contribution is 5.78. The van der Waals surface area contributed by atoms with Gasteiger partial charge in [0.05, 0.1) is 37.9 Å². The number of hydroxylamine groups is 10. The zero-order chi connectivity index (χ0) is 80.5. The van der Waals surface area contributed by atoms with Crippen molar-refractivity contribution in [3.63, 3.8) is 0 Å². The molecular formula is C69H133N13O20. The van der Waals surface area contributed by atoms with Crippen molar-refractivity contribution < 1.29 is 99.5 Å². The van der Waals surface area contributed by atoms with Crippen molar-refractivity contribution in [3.8, 4) is 0 Å². The van der Waals surface area contributed by atoms with Gasteiger partial charge in [0.2, 0.25) is 29.5 Å². The van der Waals surface area contributed by atoms with Gasteiger partial charge in [0.1, 0.15) is 0 Å². The van der Waals surface area contributed by atoms with Gasteiger partial charge in [0.15, 0.2) is 0 Å². The minimum absolute atomic E-state index is 0.00186. The summed E-state index contributed by atoms with van der Waals surface area (Å²) in [5.41, 5.74) is 0.228. The molecule has 0 radical (unpaired) electrons. The standard InChI is InChI=1S/C14H23N3O10.5C11H22N2O2/c15-1-2-16-8(3-9(18)19)14(4-10(20)21,5-11(22)23)17(6-12(24)25)7-13(26)27;5*1-8(14)12-9-6-10(2,3)13(15)11(4,5)7-9/h8,16H,1-7,15H2,(H,18,19)(H,20,21)(H,22,23)(H,24,25)(H,26,27);5*9,15H,6-7H2,1-5H3,(H,12,14). The van der Waals surface area contributed by atoms with Gasteiger partial charge in [0.25, 0.3) is 0 Å². The van der Waals surface area contributed by atoms with Gasteiger partial charge in [0, 0.05) is 139 Å². The first-order valence-electron chi connectivity index (χ1n) is 34.8. The summed E-state index contributed by atoms with van der Waals surface area (Å²) in [4.78, 5) is 112. The first kappa shape index (κ1) is 96.2. The fourth-order valence-corrected chi connectivity index (χ4v) is 16.2. The predicted molar refractivity (Wildman–Crippen MR) is 380 cm³/mol. The Kier molecular flexibility index (Phi) is 35.8. The lowest BCUT2D eigenvalue weighted by Crippen LogP contribution is -2.65. The Balaban J connectivity index is 0.00000122. The SMILES string of the molecule is CC(=O)NC1CC(C)(C)N(O)C(C)(C)C1.CC(=O)NC1CC(C)(C)N(O)C(C)(C)C1.CC(=O)NC1CC(C)(C)N(O)C(C)(C)C1.CC(=O)NC1CC(C)(C)N(O)C(C)(C)C1.CC(=O)NC1CC(C)(C)N(O)C(C)(C)C1.NCCNC(CC(=O)O)C(CC(=O)O)(CC(=O)O)N(CC(=O)O)CC(=O)O. The maximum absolute atomic E-state index is 11.4. The fourth-order valence-electron chi connectivity index (χ4n) is 16.2. The molecule has 0 bridgehead atoms. The van der Waals surface area contributed by atoms with Gasteiger partial charge in [-0.05, 0) is 203 Å². The molecule has 0 spiro atoms. The third kappa shape index (κ3) is 31.1. The van der Waals surface area contributed by atoms with Crippen molar-refractivity contribution in [2.24, 2.45) is 5.73 Å². The molecule has 5 amide bonds. The second kappa shape index (κ2) is 37.9. The minimum Gasteiger partial charge on any atom is -0.481 e. The highest BCUT2D eigenvalue weighted by Crippen LogP contribution is 2.41. The van der Waals surface area contributed by atoms with E-state index < -0.39 is 73.8 Å². The number of carboxylic acid groups (broad SMARTS) is 5. The normalized spacial score (nSPS) is 22.6. The van der Waals surface area contributed by atoms with Crippen LogP contribution >= 0.6 is 0 Å². The van der Waals surface area contributed by atoms with E-state index in [1.54, 1.807) is 0 Å². The lowest BCUT2D eigenvalue weighted by Gasteiger charge is -2.51. The Morgan fingerprint density at radius 2 is 0.529 bits per heavy atom. The van der Waals surface area contributed by atoms with Crippen molar-refractivity contribution in [3.05, 3.63) is 0 Å². The Bertz CT molecular complexity index is 2390. The van der Waals surface area contributed by atoms with E-state index in [-0.39, 0.29) is 128 Å². The fraction of sp³-hybridized carbons (Fsp3) is 0.855. The maximum Gasteiger partial charge on any atom is 0.317 e. The van der Waals surface area contributed by atoms with E-state index in [2.05, 4.69) is 31.9 Å². The number of amides is 5. The molecule has 0 aromatic rings. The Labute approximate surface area is 604 Å². The first-order valence-corrected chi connectivity index (χ1v) is 34.8. The number of nitrogens with one attached hydrogen (secondary N) is 6. The van der Waals surface area contributed by atoms with Crippen molar-refractivity contribution in [2.75, 3.05) is 26.2 Å². The number of carbonyl (C=O) groups excluding carboxylic acids is 5. The summed E-state index contributed by atoms with van der Waals surface area (Å²) in [5, 5.41) is 120. The molecule has 0 aliphatic carbocycles. The van der Waals surface area contributed by atoms with Gasteiger partial charge in [-0.3, -0.25) is 52.8 Å². The molecule has 5 aliphatic heterocycles. The molecule has 5 fully saturated rings. The van der Waals surface area contributed by atoms with Crippen LogP contribution in [-0.4, -0.2) is 265 Å². The Hall–Kier alpha value is -5.82. The molecule has 0 saturated carbocycles. The van der Waals surface area contributed by atoms with Crippen LogP contribution in [0.5, 0.6) is 0 Å². The highest BCUT2D eigenvalue weighted by Gasteiger charge is 2.52. The molecule has 0 aromatic heterocycles. The summed E-state index contributed by atoms with van der Waals surface area (Å²) >= 11 is 0. The van der Waals surface area contributed by atoms with E-state index in [9.17, 15) is 84.2 Å². The van der Waals surface area contributed by atoms with Crippen molar-refractivity contribution >= 4 is 59.4 Å². The number of piperidine rings is 5. The lowest BCUT2D eigenvalue weighted by molar-refractivity contribution is -0.246. The second-order valence-corrected chi connectivity index (χ2v) is 34.5. The Morgan fingerprint density at radius 1 is 0.353 bits per heavy atom. The summed E-state index contributed by atoms with van der Waals surface area (Å²) in [6.45, 7) is 45.4. The molecule has 1 unspecified atom stereocenters. The van der Waals surface area contributed by atoms with Gasteiger partial charge in [-0.25, -0.2) is 0 Å². The number of hydrogen-bond donors (Lipinski definition) is 17. The third-order valence-corrected chi connectivity index (χ3v) is 19.0. The van der Waals surface area contributed by atoms with E-state index in [0.717, 1.165) is 64.2 Å². The Morgan fingerprint density at radius 3 is 0.657 bits per heavy atom. The molecule has 5 rings (SSSR count). The van der Waals surface area contributed by atoms with Crippen LogP contribution in [-0.2, 0) is 47.9 Å². The zero-order valence-corrected chi connectivity index (χ0v) is 65.8.